The first kappa shape index (κ1) is 18.5. The van der Waals surface area contributed by atoms with Gasteiger partial charge in [0.25, 0.3) is 5.56 Å². The van der Waals surface area contributed by atoms with Gasteiger partial charge in [0.15, 0.2) is 11.6 Å². The van der Waals surface area contributed by atoms with E-state index in [1.165, 1.54) is 4.57 Å². The van der Waals surface area contributed by atoms with Crippen LogP contribution in [0.3, 0.4) is 0 Å². The summed E-state index contributed by atoms with van der Waals surface area (Å²) in [5.41, 5.74) is -0.0995. The van der Waals surface area contributed by atoms with Crippen molar-refractivity contribution in [2.24, 2.45) is 7.05 Å². The summed E-state index contributed by atoms with van der Waals surface area (Å²) in [4.78, 5) is 24.9. The second-order valence-electron chi connectivity index (χ2n) is 6.68. The number of morpholine rings is 1. The van der Waals surface area contributed by atoms with Gasteiger partial charge in [-0.2, -0.15) is 4.98 Å². The van der Waals surface area contributed by atoms with E-state index in [1.807, 2.05) is 18.9 Å². The van der Waals surface area contributed by atoms with Crippen LogP contribution in [0.25, 0.3) is 0 Å². The van der Waals surface area contributed by atoms with Crippen LogP contribution < -0.4 is 10.5 Å². The van der Waals surface area contributed by atoms with E-state index in [0.717, 1.165) is 32.5 Å². The zero-order chi connectivity index (χ0) is 18.5. The first-order chi connectivity index (χ1) is 12.5. The SMILES string of the molecule is Cc1noc(CCCN2CCO[C@H](CN(C)c3nccn(C)c3=O)C2)n1. The fourth-order valence-corrected chi connectivity index (χ4v) is 3.13. The topological polar surface area (TPSA) is 89.5 Å². The zero-order valence-electron chi connectivity index (χ0n) is 15.6. The number of nitrogens with zero attached hydrogens (tertiary/aromatic N) is 6. The fraction of sp³-hybridized carbons (Fsp3) is 0.647. The molecular formula is C17H26N6O3. The Morgan fingerprint density at radius 2 is 2.27 bits per heavy atom. The Balaban J connectivity index is 1.48. The van der Waals surface area contributed by atoms with E-state index in [2.05, 4.69) is 20.0 Å². The highest BCUT2D eigenvalue weighted by Gasteiger charge is 2.23. The highest BCUT2D eigenvalue weighted by molar-refractivity contribution is 5.34. The van der Waals surface area contributed by atoms with Crippen LogP contribution in [0.5, 0.6) is 0 Å². The minimum absolute atomic E-state index is 0.0473. The minimum atomic E-state index is -0.0995. The van der Waals surface area contributed by atoms with Crippen LogP contribution in [0, 0.1) is 6.92 Å². The number of hydrogen-bond acceptors (Lipinski definition) is 8. The van der Waals surface area contributed by atoms with E-state index in [1.54, 1.807) is 19.4 Å². The van der Waals surface area contributed by atoms with Gasteiger partial charge in [0, 0.05) is 52.5 Å². The average Bonchev–Trinajstić information content (AvgIpc) is 3.03. The second-order valence-corrected chi connectivity index (χ2v) is 6.68. The van der Waals surface area contributed by atoms with Crippen LogP contribution in [0.2, 0.25) is 0 Å². The van der Waals surface area contributed by atoms with Gasteiger partial charge in [0.05, 0.1) is 12.7 Å². The van der Waals surface area contributed by atoms with Gasteiger partial charge in [0.2, 0.25) is 5.89 Å². The van der Waals surface area contributed by atoms with E-state index in [-0.39, 0.29) is 11.7 Å². The van der Waals surface area contributed by atoms with Gasteiger partial charge in [-0.1, -0.05) is 5.16 Å². The molecule has 142 valence electrons. The molecule has 26 heavy (non-hydrogen) atoms. The number of likely N-dealkylation sites (N-methyl/N-ethyl adjacent to an activating group) is 1. The van der Waals surface area contributed by atoms with Gasteiger partial charge in [-0.05, 0) is 19.9 Å². The van der Waals surface area contributed by atoms with E-state index >= 15 is 0 Å². The molecule has 1 aliphatic rings. The predicted molar refractivity (Wildman–Crippen MR) is 96.3 cm³/mol. The molecule has 9 heteroatoms. The lowest BCUT2D eigenvalue weighted by atomic mass is 10.2. The smallest absolute Gasteiger partial charge is 0.293 e. The molecule has 3 heterocycles. The Morgan fingerprint density at radius 3 is 3.04 bits per heavy atom. The molecule has 0 bridgehead atoms. The summed E-state index contributed by atoms with van der Waals surface area (Å²) in [6.07, 6.45) is 5.09. The molecule has 0 aromatic carbocycles. The summed E-state index contributed by atoms with van der Waals surface area (Å²) in [7, 11) is 3.61. The Labute approximate surface area is 152 Å². The standard InChI is InChI=1S/C17H26N6O3/c1-13-19-15(26-20-13)5-4-7-23-9-10-25-14(12-23)11-22(3)16-17(24)21(2)8-6-18-16/h6,8,14H,4-5,7,9-12H2,1-3H3/t14-/m1/s1. The lowest BCUT2D eigenvalue weighted by Gasteiger charge is -2.34. The third-order valence-electron chi connectivity index (χ3n) is 4.50. The van der Waals surface area contributed by atoms with E-state index in [4.69, 9.17) is 9.26 Å². The maximum absolute atomic E-state index is 12.2. The van der Waals surface area contributed by atoms with Crippen LogP contribution in [-0.4, -0.2) is 70.5 Å². The molecule has 9 nitrogen and oxygen atoms in total. The van der Waals surface area contributed by atoms with Crippen LogP contribution in [0.15, 0.2) is 21.7 Å². The number of aryl methyl sites for hydroxylation is 3. The van der Waals surface area contributed by atoms with Crippen LogP contribution in [0.4, 0.5) is 5.82 Å². The highest BCUT2D eigenvalue weighted by Crippen LogP contribution is 2.10. The summed E-state index contributed by atoms with van der Waals surface area (Å²) in [6.45, 7) is 5.85. The second kappa shape index (κ2) is 8.41. The molecule has 1 saturated heterocycles. The first-order valence-corrected chi connectivity index (χ1v) is 8.89. The van der Waals surface area contributed by atoms with Crippen molar-refractivity contribution in [3.63, 3.8) is 0 Å². The van der Waals surface area contributed by atoms with Gasteiger partial charge >= 0.3 is 0 Å². The van der Waals surface area contributed by atoms with E-state index in [0.29, 0.717) is 30.7 Å². The minimum Gasteiger partial charge on any atom is -0.374 e. The molecule has 0 saturated carbocycles. The molecule has 2 aromatic rings. The van der Waals surface area contributed by atoms with Gasteiger partial charge < -0.3 is 18.7 Å². The summed E-state index contributed by atoms with van der Waals surface area (Å²) in [5, 5.41) is 3.81. The summed E-state index contributed by atoms with van der Waals surface area (Å²) < 4.78 is 12.6. The Kier molecular flexibility index (Phi) is 6.00. The molecule has 0 amide bonds. The molecule has 2 aromatic heterocycles. The van der Waals surface area contributed by atoms with Crippen LogP contribution >= 0.6 is 0 Å². The van der Waals surface area contributed by atoms with Crippen molar-refractivity contribution in [2.75, 3.05) is 44.7 Å². The lowest BCUT2D eigenvalue weighted by molar-refractivity contribution is -0.0238. The molecule has 1 aliphatic heterocycles. The largest absolute Gasteiger partial charge is 0.374 e. The zero-order valence-corrected chi connectivity index (χ0v) is 15.6. The van der Waals surface area contributed by atoms with Gasteiger partial charge in [-0.3, -0.25) is 9.69 Å². The van der Waals surface area contributed by atoms with Gasteiger partial charge in [0.1, 0.15) is 0 Å². The van der Waals surface area contributed by atoms with Crippen molar-refractivity contribution in [2.45, 2.75) is 25.9 Å². The van der Waals surface area contributed by atoms with Crippen molar-refractivity contribution >= 4 is 5.82 Å². The molecule has 0 spiro atoms. The maximum atomic E-state index is 12.2. The van der Waals surface area contributed by atoms with Crippen LogP contribution in [0.1, 0.15) is 18.1 Å². The summed E-state index contributed by atoms with van der Waals surface area (Å²) in [6, 6.07) is 0. The number of ether oxygens (including phenoxy) is 1. The Bertz CT molecular complexity index is 774. The third kappa shape index (κ3) is 4.67. The third-order valence-corrected chi connectivity index (χ3v) is 4.50. The fourth-order valence-electron chi connectivity index (χ4n) is 3.13. The first-order valence-electron chi connectivity index (χ1n) is 8.89. The highest BCUT2D eigenvalue weighted by atomic mass is 16.5. The van der Waals surface area contributed by atoms with E-state index in [9.17, 15) is 4.79 Å². The van der Waals surface area contributed by atoms with Crippen molar-refractivity contribution in [1.82, 2.24) is 24.6 Å². The molecule has 1 atom stereocenters. The molecular weight excluding hydrogens is 336 g/mol. The molecule has 0 N–H and O–H groups in total. The maximum Gasteiger partial charge on any atom is 0.293 e. The number of aromatic nitrogens is 4. The van der Waals surface area contributed by atoms with Gasteiger partial charge in [-0.25, -0.2) is 4.98 Å². The van der Waals surface area contributed by atoms with Crippen molar-refractivity contribution in [3.05, 3.63) is 34.5 Å². The molecule has 1 fully saturated rings. The summed E-state index contributed by atoms with van der Waals surface area (Å²) in [5.74, 6) is 1.82. The molecule has 0 radical (unpaired) electrons. The van der Waals surface area contributed by atoms with Crippen molar-refractivity contribution < 1.29 is 9.26 Å². The van der Waals surface area contributed by atoms with Crippen molar-refractivity contribution in [1.29, 1.82) is 0 Å². The Hall–Kier alpha value is -2.26. The average molecular weight is 362 g/mol. The normalized spacial score (nSPS) is 18.2. The van der Waals surface area contributed by atoms with Crippen LogP contribution in [-0.2, 0) is 18.2 Å². The number of rotatable bonds is 7. The number of anilines is 1. The quantitative estimate of drug-likeness (QED) is 0.692. The monoisotopic (exact) mass is 362 g/mol. The number of hydrogen-bond donors (Lipinski definition) is 0. The Morgan fingerprint density at radius 1 is 1.42 bits per heavy atom. The molecule has 0 unspecified atom stereocenters. The summed E-state index contributed by atoms with van der Waals surface area (Å²) >= 11 is 0. The van der Waals surface area contributed by atoms with E-state index < -0.39 is 0 Å². The molecule has 3 rings (SSSR count). The van der Waals surface area contributed by atoms with Crippen molar-refractivity contribution in [3.8, 4) is 0 Å². The predicted octanol–water partition coefficient (Wildman–Crippen LogP) is 0.242. The van der Waals surface area contributed by atoms with Gasteiger partial charge in [-0.15, -0.1) is 0 Å². The lowest BCUT2D eigenvalue weighted by Crippen LogP contribution is -2.48. The molecule has 0 aliphatic carbocycles.